The number of hydrogen-bond acceptors (Lipinski definition) is 3. The molecule has 0 aliphatic heterocycles. The lowest BCUT2D eigenvalue weighted by Crippen LogP contribution is -2.35. The molecule has 0 aromatic carbocycles. The van der Waals surface area contributed by atoms with Gasteiger partial charge < -0.3 is 5.73 Å². The average Bonchev–Trinajstić information content (AvgIpc) is 2.43. The van der Waals surface area contributed by atoms with E-state index < -0.39 is 0 Å². The van der Waals surface area contributed by atoms with Gasteiger partial charge in [-0.25, -0.2) is 0 Å². The molecule has 1 amide bonds. The Hall–Kier alpha value is -1.07. The van der Waals surface area contributed by atoms with Crippen LogP contribution in [0.15, 0.2) is 0 Å². The molecule has 0 bridgehead atoms. The molecule has 0 spiro atoms. The second-order valence-corrected chi connectivity index (χ2v) is 5.37. The maximum absolute atomic E-state index is 11.1. The summed E-state index contributed by atoms with van der Waals surface area (Å²) in [6.07, 6.45) is 0. The summed E-state index contributed by atoms with van der Waals surface area (Å²) in [7, 11) is 1.81. The Morgan fingerprint density at radius 3 is 2.56 bits per heavy atom. The van der Waals surface area contributed by atoms with E-state index >= 15 is 0 Å². The molecular formula is C12H21ClN4O. The molecule has 0 aliphatic rings. The Kier molecular flexibility index (Phi) is 5.16. The van der Waals surface area contributed by atoms with Crippen LogP contribution in [0.2, 0.25) is 5.15 Å². The largest absolute Gasteiger partial charge is 0.369 e. The van der Waals surface area contributed by atoms with Crippen LogP contribution in [0.25, 0.3) is 0 Å². The van der Waals surface area contributed by atoms with E-state index in [2.05, 4.69) is 18.9 Å². The van der Waals surface area contributed by atoms with Crippen LogP contribution in [-0.4, -0.2) is 33.7 Å². The summed E-state index contributed by atoms with van der Waals surface area (Å²) >= 11 is 6.19. The summed E-state index contributed by atoms with van der Waals surface area (Å²) in [4.78, 5) is 13.1. The number of halogens is 1. The van der Waals surface area contributed by atoms with E-state index in [0.29, 0.717) is 17.6 Å². The lowest BCUT2D eigenvalue weighted by molar-refractivity contribution is -0.119. The molecule has 5 nitrogen and oxygen atoms in total. The van der Waals surface area contributed by atoms with E-state index in [0.717, 1.165) is 17.8 Å². The van der Waals surface area contributed by atoms with Crippen molar-refractivity contribution < 1.29 is 4.79 Å². The summed E-state index contributed by atoms with van der Waals surface area (Å²) in [6, 6.07) is 0. The zero-order chi connectivity index (χ0) is 13.9. The van der Waals surface area contributed by atoms with Crippen molar-refractivity contribution in [2.24, 2.45) is 18.7 Å². The highest BCUT2D eigenvalue weighted by Crippen LogP contribution is 2.20. The van der Waals surface area contributed by atoms with Gasteiger partial charge in [0.2, 0.25) is 5.91 Å². The number of nitrogens with two attached hydrogens (primary N) is 1. The topological polar surface area (TPSA) is 64.2 Å². The SMILES string of the molecule is Cc1nn(C)c(Cl)c1CN(CC(N)=O)CC(C)C. The van der Waals surface area contributed by atoms with Crippen LogP contribution >= 0.6 is 11.6 Å². The van der Waals surface area contributed by atoms with Crippen LogP contribution in [-0.2, 0) is 18.4 Å². The fraction of sp³-hybridized carbons (Fsp3) is 0.667. The minimum Gasteiger partial charge on any atom is -0.369 e. The fourth-order valence-electron chi connectivity index (χ4n) is 2.00. The van der Waals surface area contributed by atoms with Gasteiger partial charge in [0.25, 0.3) is 0 Å². The first-order valence-electron chi connectivity index (χ1n) is 5.99. The molecule has 0 saturated heterocycles. The molecule has 0 atom stereocenters. The molecule has 1 aromatic heterocycles. The van der Waals surface area contributed by atoms with Crippen molar-refractivity contribution in [3.63, 3.8) is 0 Å². The van der Waals surface area contributed by atoms with E-state index in [1.54, 1.807) is 11.7 Å². The van der Waals surface area contributed by atoms with Crippen LogP contribution < -0.4 is 5.73 Å². The molecule has 102 valence electrons. The minimum absolute atomic E-state index is 0.239. The number of nitrogens with zero attached hydrogens (tertiary/aromatic N) is 3. The number of amides is 1. The standard InChI is InChI=1S/C12H21ClN4O/c1-8(2)5-17(7-11(14)18)6-10-9(3)15-16(4)12(10)13/h8H,5-7H2,1-4H3,(H2,14,18). The molecule has 1 rings (SSSR count). The number of aromatic nitrogens is 2. The third kappa shape index (κ3) is 3.99. The minimum atomic E-state index is -0.326. The summed E-state index contributed by atoms with van der Waals surface area (Å²) in [6.45, 7) is 7.76. The molecule has 2 N–H and O–H groups in total. The Labute approximate surface area is 113 Å². The van der Waals surface area contributed by atoms with E-state index in [1.165, 1.54) is 0 Å². The van der Waals surface area contributed by atoms with Crippen molar-refractivity contribution >= 4 is 17.5 Å². The molecule has 0 aliphatic carbocycles. The summed E-state index contributed by atoms with van der Waals surface area (Å²) in [5.74, 6) is 0.133. The molecule has 1 heterocycles. The lowest BCUT2D eigenvalue weighted by atomic mass is 10.2. The van der Waals surface area contributed by atoms with Crippen molar-refractivity contribution in [1.29, 1.82) is 0 Å². The summed E-state index contributed by atoms with van der Waals surface area (Å²) in [5, 5.41) is 4.88. The maximum atomic E-state index is 11.1. The van der Waals surface area contributed by atoms with Gasteiger partial charge in [0, 0.05) is 25.7 Å². The number of aryl methyl sites for hydroxylation is 2. The van der Waals surface area contributed by atoms with Crippen LogP contribution in [0.1, 0.15) is 25.1 Å². The number of hydrogen-bond donors (Lipinski definition) is 1. The van der Waals surface area contributed by atoms with Crippen molar-refractivity contribution in [1.82, 2.24) is 14.7 Å². The first kappa shape index (κ1) is 15.0. The highest BCUT2D eigenvalue weighted by Gasteiger charge is 2.17. The van der Waals surface area contributed by atoms with Gasteiger partial charge in [-0.3, -0.25) is 14.4 Å². The number of carbonyl (C=O) groups excluding carboxylic acids is 1. The Bertz CT molecular complexity index is 428. The number of carbonyl (C=O) groups is 1. The fourth-order valence-corrected chi connectivity index (χ4v) is 2.23. The molecule has 6 heteroatoms. The zero-order valence-electron chi connectivity index (χ0n) is 11.4. The summed E-state index contributed by atoms with van der Waals surface area (Å²) < 4.78 is 1.64. The Morgan fingerprint density at radius 1 is 1.56 bits per heavy atom. The number of rotatable bonds is 6. The van der Waals surface area contributed by atoms with Gasteiger partial charge in [-0.05, 0) is 12.8 Å². The van der Waals surface area contributed by atoms with Gasteiger partial charge in [0.05, 0.1) is 12.2 Å². The van der Waals surface area contributed by atoms with Crippen LogP contribution in [0.4, 0.5) is 0 Å². The highest BCUT2D eigenvalue weighted by atomic mass is 35.5. The Morgan fingerprint density at radius 2 is 2.17 bits per heavy atom. The van der Waals surface area contributed by atoms with Gasteiger partial charge >= 0.3 is 0 Å². The van der Waals surface area contributed by atoms with Crippen molar-refractivity contribution in [3.8, 4) is 0 Å². The predicted molar refractivity (Wildman–Crippen MR) is 72.3 cm³/mol. The second kappa shape index (κ2) is 6.20. The van der Waals surface area contributed by atoms with E-state index in [9.17, 15) is 4.79 Å². The van der Waals surface area contributed by atoms with E-state index in [-0.39, 0.29) is 12.5 Å². The normalized spacial score (nSPS) is 11.5. The molecule has 0 saturated carbocycles. The molecule has 0 unspecified atom stereocenters. The van der Waals surface area contributed by atoms with Gasteiger partial charge in [-0.1, -0.05) is 25.4 Å². The van der Waals surface area contributed by atoms with Gasteiger partial charge in [-0.2, -0.15) is 5.10 Å². The van der Waals surface area contributed by atoms with Crippen LogP contribution in [0.3, 0.4) is 0 Å². The van der Waals surface area contributed by atoms with Crippen molar-refractivity contribution in [3.05, 3.63) is 16.4 Å². The van der Waals surface area contributed by atoms with Gasteiger partial charge in [-0.15, -0.1) is 0 Å². The van der Waals surface area contributed by atoms with Crippen LogP contribution in [0, 0.1) is 12.8 Å². The molecule has 0 radical (unpaired) electrons. The Balaban J connectivity index is 2.84. The molecule has 1 aromatic rings. The van der Waals surface area contributed by atoms with E-state index in [4.69, 9.17) is 17.3 Å². The quantitative estimate of drug-likeness (QED) is 0.850. The van der Waals surface area contributed by atoms with E-state index in [1.807, 2.05) is 11.8 Å². The monoisotopic (exact) mass is 272 g/mol. The third-order valence-corrected chi connectivity index (χ3v) is 3.13. The third-order valence-electron chi connectivity index (χ3n) is 2.65. The molecule has 0 fully saturated rings. The van der Waals surface area contributed by atoms with Gasteiger partial charge in [0.1, 0.15) is 5.15 Å². The highest BCUT2D eigenvalue weighted by molar-refractivity contribution is 6.30. The average molecular weight is 273 g/mol. The first-order chi connectivity index (χ1) is 8.31. The predicted octanol–water partition coefficient (Wildman–Crippen LogP) is 1.33. The smallest absolute Gasteiger partial charge is 0.231 e. The second-order valence-electron chi connectivity index (χ2n) is 5.01. The number of primary amides is 1. The zero-order valence-corrected chi connectivity index (χ0v) is 12.2. The first-order valence-corrected chi connectivity index (χ1v) is 6.37. The maximum Gasteiger partial charge on any atom is 0.231 e. The lowest BCUT2D eigenvalue weighted by Gasteiger charge is -2.22. The summed E-state index contributed by atoms with van der Waals surface area (Å²) in [5.41, 5.74) is 7.12. The van der Waals surface area contributed by atoms with Crippen molar-refractivity contribution in [2.75, 3.05) is 13.1 Å². The van der Waals surface area contributed by atoms with Crippen LogP contribution in [0.5, 0.6) is 0 Å². The van der Waals surface area contributed by atoms with Crippen molar-refractivity contribution in [2.45, 2.75) is 27.3 Å². The molecular weight excluding hydrogens is 252 g/mol. The van der Waals surface area contributed by atoms with Gasteiger partial charge in [0.15, 0.2) is 0 Å². The molecule has 18 heavy (non-hydrogen) atoms.